The molecular formula is C13H20N2O3. The molecule has 1 aromatic rings. The van der Waals surface area contributed by atoms with Crippen LogP contribution >= 0.6 is 0 Å². The van der Waals surface area contributed by atoms with Crippen molar-refractivity contribution in [3.63, 3.8) is 0 Å². The van der Waals surface area contributed by atoms with E-state index in [1.54, 1.807) is 13.0 Å². The van der Waals surface area contributed by atoms with Gasteiger partial charge in [-0.05, 0) is 13.3 Å². The molecular weight excluding hydrogens is 232 g/mol. The lowest BCUT2D eigenvalue weighted by Gasteiger charge is -2.11. The van der Waals surface area contributed by atoms with Crippen molar-refractivity contribution in [2.24, 2.45) is 0 Å². The first-order valence-corrected chi connectivity index (χ1v) is 6.05. The van der Waals surface area contributed by atoms with Gasteiger partial charge in [0.15, 0.2) is 11.9 Å². The van der Waals surface area contributed by atoms with Crippen LogP contribution in [0.1, 0.15) is 58.9 Å². The molecule has 1 atom stereocenters. The highest BCUT2D eigenvalue weighted by Gasteiger charge is 2.24. The van der Waals surface area contributed by atoms with Gasteiger partial charge in [0.25, 0.3) is 5.89 Å². The maximum atomic E-state index is 11.4. The van der Waals surface area contributed by atoms with Crippen molar-refractivity contribution in [3.05, 3.63) is 23.9 Å². The van der Waals surface area contributed by atoms with Gasteiger partial charge >= 0.3 is 5.97 Å². The molecule has 100 valence electrons. The van der Waals surface area contributed by atoms with Crippen molar-refractivity contribution < 1.29 is 14.1 Å². The van der Waals surface area contributed by atoms with Crippen LogP contribution in [0.15, 0.2) is 16.7 Å². The standard InChI is InChI=1S/C13H20N2O3/c1-6-7-8-10(16)17-9(2)11-14-12(15-18-11)13(3,4)5/h7-9H,6H2,1-5H3/b8-7+. The molecule has 1 heterocycles. The highest BCUT2D eigenvalue weighted by molar-refractivity contribution is 5.81. The molecule has 5 nitrogen and oxygen atoms in total. The predicted octanol–water partition coefficient (Wildman–Crippen LogP) is 2.94. The van der Waals surface area contributed by atoms with Crippen molar-refractivity contribution in [1.82, 2.24) is 10.1 Å². The van der Waals surface area contributed by atoms with Gasteiger partial charge in [-0.25, -0.2) is 4.79 Å². The van der Waals surface area contributed by atoms with Crippen molar-refractivity contribution >= 4 is 5.97 Å². The maximum absolute atomic E-state index is 11.4. The van der Waals surface area contributed by atoms with Crippen molar-refractivity contribution in [3.8, 4) is 0 Å². The third-order valence-electron chi connectivity index (χ3n) is 2.24. The van der Waals surface area contributed by atoms with Gasteiger partial charge in [0.2, 0.25) is 0 Å². The van der Waals surface area contributed by atoms with Gasteiger partial charge in [0.1, 0.15) is 0 Å². The van der Waals surface area contributed by atoms with Crippen LogP contribution in [0.3, 0.4) is 0 Å². The quantitative estimate of drug-likeness (QED) is 0.609. The smallest absolute Gasteiger partial charge is 0.331 e. The highest BCUT2D eigenvalue weighted by atomic mass is 16.6. The van der Waals surface area contributed by atoms with Crippen molar-refractivity contribution in [1.29, 1.82) is 0 Å². The summed E-state index contributed by atoms with van der Waals surface area (Å²) in [5.41, 5.74) is -0.187. The van der Waals surface area contributed by atoms with E-state index in [1.807, 2.05) is 27.7 Å². The largest absolute Gasteiger partial charge is 0.449 e. The van der Waals surface area contributed by atoms with E-state index in [4.69, 9.17) is 9.26 Å². The van der Waals surface area contributed by atoms with Crippen LogP contribution in [0, 0.1) is 0 Å². The van der Waals surface area contributed by atoms with Crippen LogP contribution in [0.2, 0.25) is 0 Å². The highest BCUT2D eigenvalue weighted by Crippen LogP contribution is 2.22. The summed E-state index contributed by atoms with van der Waals surface area (Å²) < 4.78 is 10.2. The second-order valence-corrected chi connectivity index (χ2v) is 5.10. The molecule has 0 saturated heterocycles. The molecule has 0 aliphatic heterocycles. The molecule has 0 radical (unpaired) electrons. The maximum Gasteiger partial charge on any atom is 0.331 e. The summed E-state index contributed by atoms with van der Waals surface area (Å²) in [5, 5.41) is 3.88. The van der Waals surface area contributed by atoms with Gasteiger partial charge in [-0.3, -0.25) is 0 Å². The minimum atomic E-state index is -0.539. The molecule has 0 aliphatic rings. The molecule has 1 rings (SSSR count). The number of hydrogen-bond acceptors (Lipinski definition) is 5. The molecule has 1 aromatic heterocycles. The van der Waals surface area contributed by atoms with Gasteiger partial charge in [0, 0.05) is 11.5 Å². The monoisotopic (exact) mass is 252 g/mol. The molecule has 0 aromatic carbocycles. The van der Waals surface area contributed by atoms with Gasteiger partial charge in [-0.2, -0.15) is 4.98 Å². The average molecular weight is 252 g/mol. The number of hydrogen-bond donors (Lipinski definition) is 0. The van der Waals surface area contributed by atoms with Crippen LogP contribution in [0.25, 0.3) is 0 Å². The average Bonchev–Trinajstić information content (AvgIpc) is 2.75. The number of aromatic nitrogens is 2. The normalized spacial score (nSPS) is 13.8. The Balaban J connectivity index is 2.68. The lowest BCUT2D eigenvalue weighted by molar-refractivity contribution is -0.143. The summed E-state index contributed by atoms with van der Waals surface area (Å²) in [5.74, 6) is 0.516. The summed E-state index contributed by atoms with van der Waals surface area (Å²) in [6, 6.07) is 0. The number of allylic oxidation sites excluding steroid dienone is 1. The number of carbonyl (C=O) groups is 1. The number of rotatable bonds is 4. The number of nitrogens with zero attached hydrogens (tertiary/aromatic N) is 2. The molecule has 0 saturated carbocycles. The summed E-state index contributed by atoms with van der Waals surface area (Å²) in [6.07, 6.45) is 3.39. The van der Waals surface area contributed by atoms with E-state index in [1.165, 1.54) is 6.08 Å². The van der Waals surface area contributed by atoms with Gasteiger partial charge < -0.3 is 9.26 Å². The fraction of sp³-hybridized carbons (Fsp3) is 0.615. The van der Waals surface area contributed by atoms with Gasteiger partial charge in [-0.1, -0.05) is 38.9 Å². The second kappa shape index (κ2) is 5.80. The van der Waals surface area contributed by atoms with E-state index in [0.29, 0.717) is 11.7 Å². The third kappa shape index (κ3) is 3.98. The molecule has 0 spiro atoms. The fourth-order valence-corrected chi connectivity index (χ4v) is 1.18. The summed E-state index contributed by atoms with van der Waals surface area (Å²) in [6.45, 7) is 9.62. The Bertz CT molecular complexity index is 430. The number of carbonyl (C=O) groups excluding carboxylic acids is 1. The Morgan fingerprint density at radius 1 is 1.50 bits per heavy atom. The lowest BCUT2D eigenvalue weighted by atomic mass is 9.96. The Morgan fingerprint density at radius 2 is 2.17 bits per heavy atom. The van der Waals surface area contributed by atoms with E-state index in [2.05, 4.69) is 10.1 Å². The van der Waals surface area contributed by atoms with Crippen LogP contribution in [-0.4, -0.2) is 16.1 Å². The second-order valence-electron chi connectivity index (χ2n) is 5.10. The lowest BCUT2D eigenvalue weighted by Crippen LogP contribution is -2.14. The Labute approximate surface area is 107 Å². The zero-order chi connectivity index (χ0) is 13.8. The van der Waals surface area contributed by atoms with E-state index in [9.17, 15) is 4.79 Å². The minimum Gasteiger partial charge on any atom is -0.449 e. The molecule has 0 N–H and O–H groups in total. The first-order chi connectivity index (χ1) is 8.34. The van der Waals surface area contributed by atoms with E-state index in [-0.39, 0.29) is 5.41 Å². The first-order valence-electron chi connectivity index (χ1n) is 6.05. The first kappa shape index (κ1) is 14.4. The zero-order valence-corrected chi connectivity index (χ0v) is 11.6. The third-order valence-corrected chi connectivity index (χ3v) is 2.24. The Morgan fingerprint density at radius 3 is 2.67 bits per heavy atom. The van der Waals surface area contributed by atoms with Crippen LogP contribution in [0.4, 0.5) is 0 Å². The molecule has 0 fully saturated rings. The molecule has 5 heteroatoms. The molecule has 0 amide bonds. The summed E-state index contributed by atoms with van der Waals surface area (Å²) in [7, 11) is 0. The molecule has 1 unspecified atom stereocenters. The van der Waals surface area contributed by atoms with Crippen molar-refractivity contribution in [2.75, 3.05) is 0 Å². The van der Waals surface area contributed by atoms with E-state index >= 15 is 0 Å². The molecule has 18 heavy (non-hydrogen) atoms. The van der Waals surface area contributed by atoms with Gasteiger partial charge in [-0.15, -0.1) is 0 Å². The Kier molecular flexibility index (Phi) is 4.64. The van der Waals surface area contributed by atoms with Crippen LogP contribution in [0.5, 0.6) is 0 Å². The van der Waals surface area contributed by atoms with Crippen LogP contribution in [-0.2, 0) is 14.9 Å². The summed E-state index contributed by atoms with van der Waals surface area (Å²) >= 11 is 0. The van der Waals surface area contributed by atoms with Crippen LogP contribution < -0.4 is 0 Å². The van der Waals surface area contributed by atoms with E-state index < -0.39 is 12.1 Å². The van der Waals surface area contributed by atoms with Gasteiger partial charge in [0.05, 0.1) is 0 Å². The Hall–Kier alpha value is -1.65. The number of esters is 1. The van der Waals surface area contributed by atoms with E-state index in [0.717, 1.165) is 6.42 Å². The fourth-order valence-electron chi connectivity index (χ4n) is 1.18. The molecule has 0 aliphatic carbocycles. The summed E-state index contributed by atoms with van der Waals surface area (Å²) in [4.78, 5) is 15.6. The number of ether oxygens (including phenoxy) is 1. The van der Waals surface area contributed by atoms with Crippen molar-refractivity contribution in [2.45, 2.75) is 52.6 Å². The topological polar surface area (TPSA) is 65.2 Å². The minimum absolute atomic E-state index is 0.187. The zero-order valence-electron chi connectivity index (χ0n) is 11.6. The molecule has 0 bridgehead atoms. The SMILES string of the molecule is CC/C=C/C(=O)OC(C)c1nc(C(C)(C)C)no1. The predicted molar refractivity (Wildman–Crippen MR) is 66.9 cm³/mol.